The molecule has 1 aromatic rings. The Morgan fingerprint density at radius 1 is 1.20 bits per heavy atom. The van der Waals surface area contributed by atoms with Gasteiger partial charge in [0.1, 0.15) is 0 Å². The van der Waals surface area contributed by atoms with Crippen LogP contribution in [-0.4, -0.2) is 15.3 Å². The molecule has 2 saturated carbocycles. The van der Waals surface area contributed by atoms with Crippen molar-refractivity contribution in [3.63, 3.8) is 0 Å². The van der Waals surface area contributed by atoms with Gasteiger partial charge in [0.2, 0.25) is 0 Å². The van der Waals surface area contributed by atoms with Crippen molar-refractivity contribution in [3.05, 3.63) is 18.0 Å². The van der Waals surface area contributed by atoms with E-state index in [9.17, 15) is 0 Å². The van der Waals surface area contributed by atoms with E-state index in [1.54, 1.807) is 0 Å². The molecule has 0 amide bonds. The van der Waals surface area contributed by atoms with Crippen LogP contribution < -0.4 is 5.73 Å². The van der Waals surface area contributed by atoms with Crippen LogP contribution in [0.2, 0.25) is 0 Å². The summed E-state index contributed by atoms with van der Waals surface area (Å²) in [6, 6.07) is 2.83. The molecule has 3 nitrogen and oxygen atoms in total. The van der Waals surface area contributed by atoms with E-state index in [1.165, 1.54) is 44.2 Å². The van der Waals surface area contributed by atoms with Crippen molar-refractivity contribution < 1.29 is 0 Å². The Labute approximate surface area is 122 Å². The van der Waals surface area contributed by atoms with Crippen molar-refractivity contribution in [2.45, 2.75) is 83.2 Å². The Morgan fingerprint density at radius 3 is 2.50 bits per heavy atom. The summed E-state index contributed by atoms with van der Waals surface area (Å²) in [5.74, 6) is 0. The zero-order valence-corrected chi connectivity index (χ0v) is 13.1. The first kappa shape index (κ1) is 14.1. The van der Waals surface area contributed by atoms with Gasteiger partial charge >= 0.3 is 0 Å². The number of nitrogens with zero attached hydrogens (tertiary/aromatic N) is 2. The van der Waals surface area contributed by atoms with Gasteiger partial charge in [0.25, 0.3) is 0 Å². The molecule has 1 aromatic heterocycles. The fourth-order valence-corrected chi connectivity index (χ4v) is 3.81. The fourth-order valence-electron chi connectivity index (χ4n) is 3.81. The molecule has 0 atom stereocenters. The molecule has 3 rings (SSSR count). The van der Waals surface area contributed by atoms with Crippen LogP contribution in [0.1, 0.15) is 76.9 Å². The molecule has 2 N–H and O–H groups in total. The van der Waals surface area contributed by atoms with E-state index in [0.717, 1.165) is 19.3 Å². The van der Waals surface area contributed by atoms with Crippen molar-refractivity contribution >= 4 is 0 Å². The van der Waals surface area contributed by atoms with Crippen molar-refractivity contribution in [1.29, 1.82) is 0 Å². The minimum absolute atomic E-state index is 0.0234. The van der Waals surface area contributed by atoms with Crippen LogP contribution in [-0.2, 0) is 6.42 Å². The standard InChI is InChI=1S/C17H29N3/c1-16(2)8-10-17(18,11-9-16)13-14-7-12-20(19-14)15-5-3-4-6-15/h7,12,15H,3-6,8-11,13,18H2,1-2H3. The topological polar surface area (TPSA) is 43.8 Å². The molecular weight excluding hydrogens is 246 g/mol. The summed E-state index contributed by atoms with van der Waals surface area (Å²) < 4.78 is 2.19. The summed E-state index contributed by atoms with van der Waals surface area (Å²) in [7, 11) is 0. The summed E-state index contributed by atoms with van der Waals surface area (Å²) in [5, 5.41) is 4.80. The minimum atomic E-state index is -0.0234. The van der Waals surface area contributed by atoms with Gasteiger partial charge in [-0.25, -0.2) is 0 Å². The molecule has 2 aliphatic rings. The molecule has 20 heavy (non-hydrogen) atoms. The maximum atomic E-state index is 6.63. The molecule has 0 saturated heterocycles. The summed E-state index contributed by atoms with van der Waals surface area (Å²) in [6.45, 7) is 4.72. The zero-order valence-electron chi connectivity index (χ0n) is 13.1. The van der Waals surface area contributed by atoms with Crippen LogP contribution in [0.4, 0.5) is 0 Å². The highest BCUT2D eigenvalue weighted by atomic mass is 15.3. The third-order valence-electron chi connectivity index (χ3n) is 5.49. The largest absolute Gasteiger partial charge is 0.325 e. The van der Waals surface area contributed by atoms with Crippen LogP contribution >= 0.6 is 0 Å². The van der Waals surface area contributed by atoms with Crippen LogP contribution in [0.5, 0.6) is 0 Å². The average Bonchev–Trinajstić information content (AvgIpc) is 3.04. The first-order chi connectivity index (χ1) is 9.46. The monoisotopic (exact) mass is 275 g/mol. The smallest absolute Gasteiger partial charge is 0.0643 e. The van der Waals surface area contributed by atoms with Gasteiger partial charge in [0.15, 0.2) is 0 Å². The van der Waals surface area contributed by atoms with E-state index in [4.69, 9.17) is 10.8 Å². The quantitative estimate of drug-likeness (QED) is 0.911. The molecule has 0 unspecified atom stereocenters. The van der Waals surface area contributed by atoms with Gasteiger partial charge in [-0.3, -0.25) is 4.68 Å². The lowest BCUT2D eigenvalue weighted by Gasteiger charge is -2.41. The van der Waals surface area contributed by atoms with Gasteiger partial charge in [-0.05, 0) is 50.0 Å². The predicted octanol–water partition coefficient (Wildman–Crippen LogP) is 3.84. The molecule has 2 fully saturated rings. The maximum absolute atomic E-state index is 6.63. The van der Waals surface area contributed by atoms with Crippen LogP contribution in [0.3, 0.4) is 0 Å². The van der Waals surface area contributed by atoms with Crippen molar-refractivity contribution in [2.24, 2.45) is 11.1 Å². The Hall–Kier alpha value is -0.830. The fraction of sp³-hybridized carbons (Fsp3) is 0.824. The minimum Gasteiger partial charge on any atom is -0.325 e. The SMILES string of the molecule is CC1(C)CCC(N)(Cc2ccn(C3CCCC3)n2)CC1. The molecule has 3 heteroatoms. The molecule has 2 aliphatic carbocycles. The Kier molecular flexibility index (Phi) is 3.65. The van der Waals surface area contributed by atoms with Crippen molar-refractivity contribution in [1.82, 2.24) is 9.78 Å². The van der Waals surface area contributed by atoms with E-state index < -0.39 is 0 Å². The Bertz CT molecular complexity index is 445. The lowest BCUT2D eigenvalue weighted by Crippen LogP contribution is -2.47. The summed E-state index contributed by atoms with van der Waals surface area (Å²) in [5.41, 5.74) is 8.27. The number of nitrogens with two attached hydrogens (primary N) is 1. The van der Waals surface area contributed by atoms with Gasteiger partial charge in [0.05, 0.1) is 11.7 Å². The van der Waals surface area contributed by atoms with Gasteiger partial charge < -0.3 is 5.73 Å². The second kappa shape index (κ2) is 5.18. The summed E-state index contributed by atoms with van der Waals surface area (Å²) in [4.78, 5) is 0. The summed E-state index contributed by atoms with van der Waals surface area (Å²) in [6.07, 6.45) is 13.2. The van der Waals surface area contributed by atoms with E-state index in [1.807, 2.05) is 0 Å². The second-order valence-electron chi connectivity index (χ2n) is 7.93. The Balaban J connectivity index is 1.63. The van der Waals surface area contributed by atoms with Crippen molar-refractivity contribution in [3.8, 4) is 0 Å². The molecule has 0 aromatic carbocycles. The lowest BCUT2D eigenvalue weighted by molar-refractivity contribution is 0.163. The first-order valence-electron chi connectivity index (χ1n) is 8.29. The lowest BCUT2D eigenvalue weighted by atomic mass is 9.68. The number of aromatic nitrogens is 2. The van der Waals surface area contributed by atoms with Gasteiger partial charge in [0, 0.05) is 18.2 Å². The molecular formula is C17H29N3. The van der Waals surface area contributed by atoms with Crippen LogP contribution in [0.15, 0.2) is 12.3 Å². The highest BCUT2D eigenvalue weighted by Gasteiger charge is 2.35. The predicted molar refractivity (Wildman–Crippen MR) is 82.6 cm³/mol. The molecule has 1 heterocycles. The number of rotatable bonds is 3. The first-order valence-corrected chi connectivity index (χ1v) is 8.29. The van der Waals surface area contributed by atoms with E-state index in [-0.39, 0.29) is 5.54 Å². The highest BCUT2D eigenvalue weighted by Crippen LogP contribution is 2.40. The van der Waals surface area contributed by atoms with Gasteiger partial charge in [-0.2, -0.15) is 5.10 Å². The molecule has 0 bridgehead atoms. The number of hydrogen-bond acceptors (Lipinski definition) is 2. The van der Waals surface area contributed by atoms with E-state index in [2.05, 4.69) is 30.8 Å². The molecule has 0 spiro atoms. The summed E-state index contributed by atoms with van der Waals surface area (Å²) >= 11 is 0. The van der Waals surface area contributed by atoms with Gasteiger partial charge in [-0.1, -0.05) is 26.7 Å². The third kappa shape index (κ3) is 3.08. The van der Waals surface area contributed by atoms with E-state index in [0.29, 0.717) is 11.5 Å². The third-order valence-corrected chi connectivity index (χ3v) is 5.49. The maximum Gasteiger partial charge on any atom is 0.0643 e. The highest BCUT2D eigenvalue weighted by molar-refractivity contribution is 5.08. The van der Waals surface area contributed by atoms with E-state index >= 15 is 0 Å². The van der Waals surface area contributed by atoms with Crippen LogP contribution in [0, 0.1) is 5.41 Å². The second-order valence-corrected chi connectivity index (χ2v) is 7.93. The Morgan fingerprint density at radius 2 is 1.85 bits per heavy atom. The molecule has 112 valence electrons. The zero-order chi connectivity index (χ0) is 14.2. The molecule has 0 radical (unpaired) electrons. The average molecular weight is 275 g/mol. The van der Waals surface area contributed by atoms with Crippen LogP contribution in [0.25, 0.3) is 0 Å². The van der Waals surface area contributed by atoms with Crippen molar-refractivity contribution in [2.75, 3.05) is 0 Å². The number of hydrogen-bond donors (Lipinski definition) is 1. The normalized spacial score (nSPS) is 25.9. The molecule has 0 aliphatic heterocycles. The van der Waals surface area contributed by atoms with Gasteiger partial charge in [-0.15, -0.1) is 0 Å².